The first kappa shape index (κ1) is 26.0. The summed E-state index contributed by atoms with van der Waals surface area (Å²) in [7, 11) is 4.70. The summed E-state index contributed by atoms with van der Waals surface area (Å²) in [6, 6.07) is 12.9. The molecule has 0 saturated heterocycles. The lowest BCUT2D eigenvalue weighted by atomic mass is 10.2. The zero-order valence-electron chi connectivity index (χ0n) is 20.1. The highest BCUT2D eigenvalue weighted by molar-refractivity contribution is 7.80. The molecule has 2 aromatic carbocycles. The molecular formula is C24H27ClN6O3S. The van der Waals surface area contributed by atoms with E-state index in [4.69, 9.17) is 38.0 Å². The van der Waals surface area contributed by atoms with Crippen LogP contribution in [0.5, 0.6) is 17.2 Å². The second-order valence-corrected chi connectivity index (χ2v) is 8.20. The first-order chi connectivity index (χ1) is 16.8. The third kappa shape index (κ3) is 7.43. The first-order valence-electron chi connectivity index (χ1n) is 10.6. The lowest BCUT2D eigenvalue weighted by Gasteiger charge is -2.17. The number of aromatic nitrogens is 2. The largest absolute Gasteiger partial charge is 0.497 e. The van der Waals surface area contributed by atoms with Crippen LogP contribution in [0.4, 0.5) is 11.6 Å². The number of benzene rings is 2. The molecule has 0 bridgehead atoms. The van der Waals surface area contributed by atoms with Crippen molar-refractivity contribution in [2.75, 3.05) is 32.0 Å². The second kappa shape index (κ2) is 12.2. The number of thiocarbonyl (C=S) groups is 1. The van der Waals surface area contributed by atoms with Crippen molar-refractivity contribution in [3.63, 3.8) is 0 Å². The molecule has 0 atom stereocenters. The SMILES string of the molecule is COc1cccc(CN=C(NC(=S)Nc2cc(OC)c(Cl)cc2OC)Nc2nc(C)cc(C)n2)c1. The van der Waals surface area contributed by atoms with Gasteiger partial charge >= 0.3 is 0 Å². The van der Waals surface area contributed by atoms with E-state index in [1.165, 1.54) is 7.11 Å². The lowest BCUT2D eigenvalue weighted by Crippen LogP contribution is -2.39. The highest BCUT2D eigenvalue weighted by atomic mass is 35.5. The Hall–Kier alpha value is -3.63. The molecule has 3 aromatic rings. The molecule has 0 fully saturated rings. The Morgan fingerprint density at radius 3 is 2.31 bits per heavy atom. The zero-order chi connectivity index (χ0) is 25.4. The quantitative estimate of drug-likeness (QED) is 0.234. The maximum Gasteiger partial charge on any atom is 0.229 e. The van der Waals surface area contributed by atoms with Gasteiger partial charge in [-0.1, -0.05) is 23.7 Å². The van der Waals surface area contributed by atoms with Crippen molar-refractivity contribution >= 4 is 46.5 Å². The molecule has 35 heavy (non-hydrogen) atoms. The van der Waals surface area contributed by atoms with Crippen LogP contribution in [0.2, 0.25) is 5.02 Å². The van der Waals surface area contributed by atoms with Crippen LogP contribution in [-0.2, 0) is 6.54 Å². The van der Waals surface area contributed by atoms with Gasteiger partial charge in [0.05, 0.1) is 38.6 Å². The van der Waals surface area contributed by atoms with Gasteiger partial charge in [0.25, 0.3) is 0 Å². The summed E-state index contributed by atoms with van der Waals surface area (Å²) in [5, 5.41) is 9.96. The maximum absolute atomic E-state index is 6.20. The molecule has 9 nitrogen and oxygen atoms in total. The van der Waals surface area contributed by atoms with Crippen LogP contribution in [0.1, 0.15) is 17.0 Å². The highest BCUT2D eigenvalue weighted by Gasteiger charge is 2.13. The Labute approximate surface area is 214 Å². The van der Waals surface area contributed by atoms with Crippen LogP contribution in [0.3, 0.4) is 0 Å². The van der Waals surface area contributed by atoms with Crippen LogP contribution < -0.4 is 30.2 Å². The van der Waals surface area contributed by atoms with Gasteiger partial charge in [-0.3, -0.25) is 5.32 Å². The summed E-state index contributed by atoms with van der Waals surface area (Å²) in [5.74, 6) is 2.48. The van der Waals surface area contributed by atoms with Gasteiger partial charge in [0, 0.05) is 23.5 Å². The van der Waals surface area contributed by atoms with Crippen molar-refractivity contribution in [1.29, 1.82) is 0 Å². The predicted octanol–water partition coefficient (Wildman–Crippen LogP) is 4.73. The minimum Gasteiger partial charge on any atom is -0.497 e. The Morgan fingerprint density at radius 1 is 0.943 bits per heavy atom. The van der Waals surface area contributed by atoms with Crippen molar-refractivity contribution in [3.05, 3.63) is 64.4 Å². The molecule has 11 heteroatoms. The fourth-order valence-electron chi connectivity index (χ4n) is 3.16. The van der Waals surface area contributed by atoms with E-state index in [9.17, 15) is 0 Å². The van der Waals surface area contributed by atoms with Crippen LogP contribution in [-0.4, -0.2) is 42.4 Å². The Bertz CT molecular complexity index is 1220. The molecule has 0 aliphatic rings. The van der Waals surface area contributed by atoms with E-state index in [1.807, 2.05) is 44.2 Å². The molecule has 0 saturated carbocycles. The van der Waals surface area contributed by atoms with Crippen molar-refractivity contribution in [1.82, 2.24) is 15.3 Å². The van der Waals surface area contributed by atoms with Crippen molar-refractivity contribution < 1.29 is 14.2 Å². The van der Waals surface area contributed by atoms with Gasteiger partial charge in [-0.2, -0.15) is 0 Å². The van der Waals surface area contributed by atoms with Gasteiger partial charge in [-0.15, -0.1) is 0 Å². The number of nitrogens with zero attached hydrogens (tertiary/aromatic N) is 3. The molecule has 1 heterocycles. The van der Waals surface area contributed by atoms with E-state index in [0.717, 1.165) is 22.7 Å². The Kier molecular flexibility index (Phi) is 9.04. The second-order valence-electron chi connectivity index (χ2n) is 7.38. The molecule has 0 radical (unpaired) electrons. The lowest BCUT2D eigenvalue weighted by molar-refractivity contribution is 0.405. The Balaban J connectivity index is 1.84. The van der Waals surface area contributed by atoms with Crippen molar-refractivity contribution in [2.45, 2.75) is 20.4 Å². The van der Waals surface area contributed by atoms with E-state index < -0.39 is 0 Å². The predicted molar refractivity (Wildman–Crippen MR) is 143 cm³/mol. The third-order valence-electron chi connectivity index (χ3n) is 4.72. The molecule has 3 rings (SSSR count). The van der Waals surface area contributed by atoms with E-state index >= 15 is 0 Å². The number of hydrogen-bond donors (Lipinski definition) is 3. The molecule has 184 valence electrons. The average Bonchev–Trinajstić information content (AvgIpc) is 2.82. The average molecular weight is 515 g/mol. The molecule has 0 aliphatic heterocycles. The number of halogens is 1. The third-order valence-corrected chi connectivity index (χ3v) is 5.22. The zero-order valence-corrected chi connectivity index (χ0v) is 21.7. The topological polar surface area (TPSA) is 102 Å². The van der Waals surface area contributed by atoms with Crippen LogP contribution in [0, 0.1) is 13.8 Å². The normalized spacial score (nSPS) is 11.0. The summed E-state index contributed by atoms with van der Waals surface area (Å²) in [5.41, 5.74) is 3.17. The van der Waals surface area contributed by atoms with Crippen LogP contribution >= 0.6 is 23.8 Å². The molecule has 0 amide bonds. The minimum atomic E-state index is 0.258. The fraction of sp³-hybridized carbons (Fsp3) is 0.250. The van der Waals surface area contributed by atoms with Gasteiger partial charge in [0.15, 0.2) is 5.11 Å². The summed E-state index contributed by atoms with van der Waals surface area (Å²) in [6.07, 6.45) is 0. The van der Waals surface area contributed by atoms with E-state index in [0.29, 0.717) is 40.7 Å². The summed E-state index contributed by atoms with van der Waals surface area (Å²) < 4.78 is 16.0. The van der Waals surface area contributed by atoms with Gasteiger partial charge in [0.1, 0.15) is 17.2 Å². The number of hydrogen-bond acceptors (Lipinski definition) is 7. The molecular weight excluding hydrogens is 488 g/mol. The molecule has 0 unspecified atom stereocenters. The number of methoxy groups -OCH3 is 3. The maximum atomic E-state index is 6.20. The number of guanidine groups is 1. The number of anilines is 2. The fourth-order valence-corrected chi connectivity index (χ4v) is 3.60. The van der Waals surface area contributed by atoms with E-state index in [2.05, 4.69) is 30.9 Å². The summed E-state index contributed by atoms with van der Waals surface area (Å²) >= 11 is 11.7. The Morgan fingerprint density at radius 2 is 1.66 bits per heavy atom. The highest BCUT2D eigenvalue weighted by Crippen LogP contribution is 2.35. The summed E-state index contributed by atoms with van der Waals surface area (Å²) in [6.45, 7) is 4.15. The van der Waals surface area contributed by atoms with Crippen LogP contribution in [0.25, 0.3) is 0 Å². The molecule has 3 N–H and O–H groups in total. The molecule has 1 aromatic heterocycles. The molecule has 0 aliphatic carbocycles. The number of ether oxygens (including phenoxy) is 3. The summed E-state index contributed by atoms with van der Waals surface area (Å²) in [4.78, 5) is 13.5. The van der Waals surface area contributed by atoms with E-state index in [1.54, 1.807) is 26.4 Å². The number of aryl methyl sites for hydroxylation is 2. The monoisotopic (exact) mass is 514 g/mol. The van der Waals surface area contributed by atoms with Crippen LogP contribution in [0.15, 0.2) is 47.5 Å². The molecule has 0 spiro atoms. The van der Waals surface area contributed by atoms with E-state index in [-0.39, 0.29) is 5.11 Å². The van der Waals surface area contributed by atoms with Crippen molar-refractivity contribution in [3.8, 4) is 17.2 Å². The number of nitrogens with one attached hydrogen (secondary N) is 3. The standard InChI is InChI=1S/C24H27ClN6O3S/c1-14-9-15(2)28-23(27-14)30-22(26-13-16-7-6-8-17(10-16)32-3)31-24(35)29-19-12-20(33-4)18(25)11-21(19)34-5/h6-12H,13H2,1-5H3,(H3,26,27,28,29,30,31,35). The smallest absolute Gasteiger partial charge is 0.229 e. The van der Waals surface area contributed by atoms with Gasteiger partial charge in [-0.25, -0.2) is 15.0 Å². The van der Waals surface area contributed by atoms with Gasteiger partial charge in [-0.05, 0) is 49.8 Å². The van der Waals surface area contributed by atoms with Crippen molar-refractivity contribution in [2.24, 2.45) is 4.99 Å². The van der Waals surface area contributed by atoms with Gasteiger partial charge < -0.3 is 24.8 Å². The number of rotatable bonds is 7. The number of aliphatic imine (C=N–C) groups is 1. The van der Waals surface area contributed by atoms with Gasteiger partial charge in [0.2, 0.25) is 11.9 Å². The first-order valence-corrected chi connectivity index (χ1v) is 11.4. The minimum absolute atomic E-state index is 0.258.